The first-order chi connectivity index (χ1) is 8.79. The van der Waals surface area contributed by atoms with Crippen molar-refractivity contribution in [2.75, 3.05) is 10.5 Å². The van der Waals surface area contributed by atoms with Crippen molar-refractivity contribution in [2.24, 2.45) is 0 Å². The number of halogens is 1. The number of anilines is 2. The lowest BCUT2D eigenvalue weighted by molar-refractivity contribution is 0.600. The summed E-state index contributed by atoms with van der Waals surface area (Å²) < 4.78 is 26.9. The van der Waals surface area contributed by atoms with Gasteiger partial charge >= 0.3 is 0 Å². The first-order valence-electron chi connectivity index (χ1n) is 5.40. The minimum Gasteiger partial charge on any atom is -0.398 e. The Morgan fingerprint density at radius 1 is 1.32 bits per heavy atom. The zero-order valence-electron chi connectivity index (χ0n) is 10.4. The van der Waals surface area contributed by atoms with Crippen LogP contribution in [0.2, 0.25) is 5.02 Å². The van der Waals surface area contributed by atoms with Crippen molar-refractivity contribution in [3.8, 4) is 0 Å². The predicted octanol–water partition coefficient (Wildman–Crippen LogP) is 2.06. The summed E-state index contributed by atoms with van der Waals surface area (Å²) in [6, 6.07) is 4.45. The third-order valence-corrected chi connectivity index (χ3v) is 4.30. The van der Waals surface area contributed by atoms with Crippen LogP contribution in [0.5, 0.6) is 0 Å². The van der Waals surface area contributed by atoms with E-state index in [1.165, 1.54) is 12.1 Å². The fourth-order valence-electron chi connectivity index (χ4n) is 1.62. The Balaban J connectivity index is 2.45. The van der Waals surface area contributed by atoms with Crippen LogP contribution in [-0.4, -0.2) is 18.6 Å². The fraction of sp³-hybridized carbons (Fsp3) is 0.182. The number of rotatable bonds is 3. The maximum Gasteiger partial charge on any atom is 0.263 e. The van der Waals surface area contributed by atoms with Crippen molar-refractivity contribution < 1.29 is 8.42 Å². The molecule has 1 heterocycles. The van der Waals surface area contributed by atoms with Crippen LogP contribution in [0.25, 0.3) is 0 Å². The average molecular weight is 301 g/mol. The second kappa shape index (κ2) is 4.75. The molecule has 0 radical (unpaired) electrons. The molecule has 2 rings (SSSR count). The zero-order chi connectivity index (χ0) is 14.2. The summed E-state index contributed by atoms with van der Waals surface area (Å²) in [5.41, 5.74) is 7.24. The maximum absolute atomic E-state index is 12.3. The smallest absolute Gasteiger partial charge is 0.263 e. The second-order valence-electron chi connectivity index (χ2n) is 4.16. The Morgan fingerprint density at radius 2 is 2.00 bits per heavy atom. The van der Waals surface area contributed by atoms with Crippen LogP contribution in [0, 0.1) is 13.8 Å². The molecule has 0 amide bonds. The third-order valence-electron chi connectivity index (χ3n) is 2.60. The highest BCUT2D eigenvalue weighted by molar-refractivity contribution is 7.92. The van der Waals surface area contributed by atoms with E-state index in [1.807, 2.05) is 0 Å². The van der Waals surface area contributed by atoms with Gasteiger partial charge in [-0.2, -0.15) is 5.10 Å². The van der Waals surface area contributed by atoms with Crippen molar-refractivity contribution in [1.29, 1.82) is 0 Å². The van der Waals surface area contributed by atoms with Gasteiger partial charge in [0.25, 0.3) is 10.0 Å². The van der Waals surface area contributed by atoms with E-state index in [9.17, 15) is 8.42 Å². The van der Waals surface area contributed by atoms with E-state index in [0.29, 0.717) is 11.3 Å². The number of aromatic amines is 1. The lowest BCUT2D eigenvalue weighted by atomic mass is 10.2. The second-order valence-corrected chi connectivity index (χ2v) is 6.25. The summed E-state index contributed by atoms with van der Waals surface area (Å²) in [4.78, 5) is 0.0400. The van der Waals surface area contributed by atoms with E-state index in [2.05, 4.69) is 14.9 Å². The van der Waals surface area contributed by atoms with Gasteiger partial charge in [0.2, 0.25) is 0 Å². The predicted molar refractivity (Wildman–Crippen MR) is 74.7 cm³/mol. The van der Waals surface area contributed by atoms with E-state index in [4.69, 9.17) is 17.3 Å². The standard InChI is InChI=1S/C11H13ClN4O2S/c1-6-3-11(15-14-6)16-19(17,18)10-5-8(12)4-9(13)7(10)2/h3-5H,13H2,1-2H3,(H2,14,15,16). The number of nitrogens with two attached hydrogens (primary N) is 1. The summed E-state index contributed by atoms with van der Waals surface area (Å²) in [6.07, 6.45) is 0. The lowest BCUT2D eigenvalue weighted by Crippen LogP contribution is -2.15. The van der Waals surface area contributed by atoms with Gasteiger partial charge in [0, 0.05) is 22.5 Å². The number of hydrogen-bond acceptors (Lipinski definition) is 4. The SMILES string of the molecule is Cc1cc(NS(=O)(=O)c2cc(Cl)cc(N)c2C)n[nH]1. The van der Waals surface area contributed by atoms with Crippen molar-refractivity contribution in [3.63, 3.8) is 0 Å². The van der Waals surface area contributed by atoms with Gasteiger partial charge in [-0.05, 0) is 31.5 Å². The quantitative estimate of drug-likeness (QED) is 0.755. The molecule has 0 fully saturated rings. The monoisotopic (exact) mass is 300 g/mol. The fourth-order valence-corrected chi connectivity index (χ4v) is 3.20. The van der Waals surface area contributed by atoms with Crippen molar-refractivity contribution in [2.45, 2.75) is 18.7 Å². The highest BCUT2D eigenvalue weighted by atomic mass is 35.5. The maximum atomic E-state index is 12.3. The normalized spacial score (nSPS) is 11.5. The number of aryl methyl sites for hydroxylation is 1. The molecule has 0 aliphatic heterocycles. The molecule has 2 aromatic rings. The highest BCUT2D eigenvalue weighted by Crippen LogP contribution is 2.27. The first kappa shape index (κ1) is 13.7. The Hall–Kier alpha value is -1.73. The van der Waals surface area contributed by atoms with E-state index >= 15 is 0 Å². The third kappa shape index (κ3) is 2.82. The summed E-state index contributed by atoms with van der Waals surface area (Å²) in [6.45, 7) is 3.39. The van der Waals surface area contributed by atoms with Gasteiger partial charge in [0.05, 0.1) is 4.90 Å². The molecule has 0 saturated heterocycles. The number of nitrogen functional groups attached to an aromatic ring is 1. The first-order valence-corrected chi connectivity index (χ1v) is 7.26. The van der Waals surface area contributed by atoms with Gasteiger partial charge in [-0.3, -0.25) is 9.82 Å². The van der Waals surface area contributed by atoms with Crippen LogP contribution in [-0.2, 0) is 10.0 Å². The van der Waals surface area contributed by atoms with Crippen LogP contribution < -0.4 is 10.5 Å². The summed E-state index contributed by atoms with van der Waals surface area (Å²) in [5, 5.41) is 6.74. The molecule has 0 aliphatic carbocycles. The lowest BCUT2D eigenvalue weighted by Gasteiger charge is -2.10. The Bertz CT molecular complexity index is 724. The highest BCUT2D eigenvalue weighted by Gasteiger charge is 2.20. The van der Waals surface area contributed by atoms with E-state index in [0.717, 1.165) is 5.69 Å². The molecule has 0 unspecified atom stereocenters. The minimum absolute atomic E-state index is 0.0400. The molecule has 0 saturated carbocycles. The molecular weight excluding hydrogens is 288 g/mol. The van der Waals surface area contributed by atoms with Crippen LogP contribution in [0.4, 0.5) is 11.5 Å². The van der Waals surface area contributed by atoms with Crippen molar-refractivity contribution >= 4 is 33.1 Å². The zero-order valence-corrected chi connectivity index (χ0v) is 11.9. The van der Waals surface area contributed by atoms with Crippen LogP contribution in [0.15, 0.2) is 23.1 Å². The molecule has 0 spiro atoms. The number of benzene rings is 1. The summed E-state index contributed by atoms with van der Waals surface area (Å²) in [5.74, 6) is 0.218. The summed E-state index contributed by atoms with van der Waals surface area (Å²) >= 11 is 5.84. The molecule has 1 aromatic heterocycles. The van der Waals surface area contributed by atoms with Crippen molar-refractivity contribution in [3.05, 3.63) is 34.5 Å². The molecule has 102 valence electrons. The van der Waals surface area contributed by atoms with Gasteiger partial charge in [0.15, 0.2) is 5.82 Å². The molecule has 4 N–H and O–H groups in total. The van der Waals surface area contributed by atoms with E-state index < -0.39 is 10.0 Å². The molecule has 6 nitrogen and oxygen atoms in total. The van der Waals surface area contributed by atoms with Gasteiger partial charge in [-0.15, -0.1) is 0 Å². The molecule has 8 heteroatoms. The van der Waals surface area contributed by atoms with Crippen LogP contribution >= 0.6 is 11.6 Å². The topological polar surface area (TPSA) is 101 Å². The molecular formula is C11H13ClN4O2S. The Labute approximate surface area is 116 Å². The Morgan fingerprint density at radius 3 is 2.58 bits per heavy atom. The van der Waals surface area contributed by atoms with E-state index in [-0.39, 0.29) is 15.7 Å². The van der Waals surface area contributed by atoms with Gasteiger partial charge in [0.1, 0.15) is 0 Å². The van der Waals surface area contributed by atoms with E-state index in [1.54, 1.807) is 19.9 Å². The summed E-state index contributed by atoms with van der Waals surface area (Å²) in [7, 11) is -3.77. The van der Waals surface area contributed by atoms with Crippen LogP contribution in [0.1, 0.15) is 11.3 Å². The number of sulfonamides is 1. The number of hydrogen-bond donors (Lipinski definition) is 3. The number of nitrogens with zero attached hydrogens (tertiary/aromatic N) is 1. The van der Waals surface area contributed by atoms with Crippen LogP contribution in [0.3, 0.4) is 0 Å². The largest absolute Gasteiger partial charge is 0.398 e. The van der Waals surface area contributed by atoms with Gasteiger partial charge in [-0.25, -0.2) is 8.42 Å². The number of aromatic nitrogens is 2. The number of nitrogens with one attached hydrogen (secondary N) is 2. The minimum atomic E-state index is -3.77. The molecule has 0 bridgehead atoms. The molecule has 1 aromatic carbocycles. The van der Waals surface area contributed by atoms with Crippen molar-refractivity contribution in [1.82, 2.24) is 10.2 Å². The molecule has 19 heavy (non-hydrogen) atoms. The van der Waals surface area contributed by atoms with Gasteiger partial charge in [-0.1, -0.05) is 11.6 Å². The molecule has 0 aliphatic rings. The average Bonchev–Trinajstić information content (AvgIpc) is 2.68. The number of H-pyrrole nitrogens is 1. The molecule has 0 atom stereocenters. The van der Waals surface area contributed by atoms with Gasteiger partial charge < -0.3 is 5.73 Å². The Kier molecular flexibility index (Phi) is 3.42.